The zero-order valence-electron chi connectivity index (χ0n) is 39.1. The second kappa shape index (κ2) is 14.6. The van der Waals surface area contributed by atoms with Gasteiger partial charge in [0.1, 0.15) is 11.2 Å². The summed E-state index contributed by atoms with van der Waals surface area (Å²) < 4.78 is 9.23. The number of furan rings is 1. The monoisotopic (exact) mass is 884 g/mol. The molecule has 0 radical (unpaired) electrons. The number of para-hydroxylation sites is 2. The minimum atomic E-state index is -0.140. The molecule has 3 heteroatoms. The Kier molecular flexibility index (Phi) is 8.38. The summed E-state index contributed by atoms with van der Waals surface area (Å²) in [6, 6.07) is 80.5. The topological polar surface area (TPSA) is 21.3 Å². The highest BCUT2D eigenvalue weighted by Crippen LogP contribution is 2.52. The van der Waals surface area contributed by atoms with Gasteiger partial charge in [-0.3, -0.25) is 0 Å². The van der Waals surface area contributed by atoms with Crippen LogP contribution >= 0.6 is 0 Å². The molecule has 3 nitrogen and oxygen atoms in total. The maximum Gasteiger partial charge on any atom is 0.137 e. The molecule has 14 rings (SSSR count). The first-order valence-corrected chi connectivity index (χ1v) is 24.2. The molecule has 12 aromatic rings. The van der Waals surface area contributed by atoms with Crippen molar-refractivity contribution in [1.29, 1.82) is 0 Å². The molecule has 0 saturated carbocycles. The number of nitrogens with zero attached hydrogens (tertiary/aromatic N) is 2. The largest absolute Gasteiger partial charge is 0.456 e. The minimum Gasteiger partial charge on any atom is -0.456 e. The zero-order valence-corrected chi connectivity index (χ0v) is 39.1. The first-order valence-electron chi connectivity index (χ1n) is 24.2. The van der Waals surface area contributed by atoms with Crippen LogP contribution in [0.3, 0.4) is 0 Å². The van der Waals surface area contributed by atoms with Gasteiger partial charge in [0.05, 0.1) is 11.0 Å². The van der Waals surface area contributed by atoms with Crippen molar-refractivity contribution in [3.05, 3.63) is 241 Å². The smallest absolute Gasteiger partial charge is 0.137 e. The predicted molar refractivity (Wildman–Crippen MR) is 289 cm³/mol. The fourth-order valence-electron chi connectivity index (χ4n) is 12.1. The molecule has 0 spiro atoms. The Bertz CT molecular complexity index is 4070. The van der Waals surface area contributed by atoms with Gasteiger partial charge in [-0.25, -0.2) is 0 Å². The average Bonchev–Trinajstić information content (AvgIpc) is 4.06. The summed E-state index contributed by atoms with van der Waals surface area (Å²) in [6.07, 6.45) is 0. The second-order valence-corrected chi connectivity index (χ2v) is 20.1. The van der Waals surface area contributed by atoms with Gasteiger partial charge in [0.25, 0.3) is 0 Å². The number of fused-ring (bicyclic) bond motifs is 12. The molecule has 2 aliphatic rings. The van der Waals surface area contributed by atoms with E-state index < -0.39 is 0 Å². The molecule has 0 saturated heterocycles. The Balaban J connectivity index is 0.868. The third-order valence-corrected chi connectivity index (χ3v) is 15.6. The van der Waals surface area contributed by atoms with Gasteiger partial charge in [-0.1, -0.05) is 155 Å². The third kappa shape index (κ3) is 5.87. The lowest BCUT2D eigenvalue weighted by Gasteiger charge is -2.28. The molecule has 0 amide bonds. The van der Waals surface area contributed by atoms with Gasteiger partial charge in [0.2, 0.25) is 0 Å². The summed E-state index contributed by atoms with van der Waals surface area (Å²) in [5, 5.41) is 4.72. The summed E-state index contributed by atoms with van der Waals surface area (Å²) in [5.41, 5.74) is 23.8. The standard InChI is InChI=1S/C66H48N2O/c1-65(2)57-19-11-8-16-49(57)51-31-24-43(37-59(51)65)44-25-32-54-55-34-30-48(40-64(55)69-63(54)38-44)67(47-29-33-52-50-17-9-12-20-58(50)66(3,4)60(52)39-47)46-27-22-41(23-28-46)42-26-35-62-56(36-42)53-18-10-13-21-61(53)68(62)45-14-6-5-7-15-45/h5-40H,1-4H3. The molecule has 2 aliphatic carbocycles. The molecule has 328 valence electrons. The molecule has 0 N–H and O–H groups in total. The van der Waals surface area contributed by atoms with Crippen molar-refractivity contribution in [2.75, 3.05) is 4.90 Å². The predicted octanol–water partition coefficient (Wildman–Crippen LogP) is 18.1. The highest BCUT2D eigenvalue weighted by Gasteiger charge is 2.37. The van der Waals surface area contributed by atoms with Gasteiger partial charge < -0.3 is 13.9 Å². The molecule has 0 atom stereocenters. The molecule has 0 unspecified atom stereocenters. The van der Waals surface area contributed by atoms with E-state index in [1.807, 2.05) is 0 Å². The van der Waals surface area contributed by atoms with E-state index in [2.05, 4.69) is 256 Å². The van der Waals surface area contributed by atoms with Gasteiger partial charge in [0.15, 0.2) is 0 Å². The Labute approximate surface area is 402 Å². The van der Waals surface area contributed by atoms with E-state index in [1.54, 1.807) is 0 Å². The minimum absolute atomic E-state index is 0.0632. The molecular formula is C66H48N2O. The lowest BCUT2D eigenvalue weighted by Crippen LogP contribution is -2.16. The molecule has 0 aliphatic heterocycles. The van der Waals surface area contributed by atoms with Crippen LogP contribution in [0.2, 0.25) is 0 Å². The average molecular weight is 885 g/mol. The number of aromatic nitrogens is 1. The molecule has 10 aromatic carbocycles. The van der Waals surface area contributed by atoms with E-state index in [0.717, 1.165) is 50.3 Å². The third-order valence-electron chi connectivity index (χ3n) is 15.6. The fourth-order valence-corrected chi connectivity index (χ4v) is 12.1. The van der Waals surface area contributed by atoms with E-state index >= 15 is 0 Å². The van der Waals surface area contributed by atoms with Crippen molar-refractivity contribution < 1.29 is 4.42 Å². The Morgan fingerprint density at radius 2 is 0.826 bits per heavy atom. The van der Waals surface area contributed by atoms with Crippen LogP contribution in [0.5, 0.6) is 0 Å². The summed E-state index contributed by atoms with van der Waals surface area (Å²) >= 11 is 0. The van der Waals surface area contributed by atoms with Gasteiger partial charge in [0, 0.05) is 61.2 Å². The molecule has 2 aromatic heterocycles. The van der Waals surface area contributed by atoms with E-state index in [1.165, 1.54) is 83.0 Å². The fraction of sp³-hybridized carbons (Fsp3) is 0.0909. The van der Waals surface area contributed by atoms with Crippen LogP contribution < -0.4 is 4.90 Å². The van der Waals surface area contributed by atoms with Crippen molar-refractivity contribution in [2.45, 2.75) is 38.5 Å². The highest BCUT2D eigenvalue weighted by molar-refractivity contribution is 6.11. The van der Waals surface area contributed by atoms with Crippen LogP contribution in [0.4, 0.5) is 17.1 Å². The first kappa shape index (κ1) is 39.7. The Morgan fingerprint density at radius 3 is 1.58 bits per heavy atom. The zero-order chi connectivity index (χ0) is 46.2. The van der Waals surface area contributed by atoms with E-state index in [-0.39, 0.29) is 10.8 Å². The summed E-state index contributed by atoms with van der Waals surface area (Å²) in [4.78, 5) is 2.39. The SMILES string of the molecule is CC1(C)c2ccccc2-c2ccc(-c3ccc4c(c3)oc3cc(N(c5ccc(-c6ccc7c(c6)c6ccccc6n7-c6ccccc6)cc5)c5ccc6c(c5)C(C)(C)c5ccccc5-6)ccc34)cc21. The highest BCUT2D eigenvalue weighted by atomic mass is 16.3. The Morgan fingerprint density at radius 1 is 0.333 bits per heavy atom. The number of rotatable bonds is 6. The maximum atomic E-state index is 6.85. The number of hydrogen-bond acceptors (Lipinski definition) is 2. The molecule has 2 heterocycles. The summed E-state index contributed by atoms with van der Waals surface area (Å²) in [6.45, 7) is 9.39. The second-order valence-electron chi connectivity index (χ2n) is 20.1. The van der Waals surface area contributed by atoms with Crippen LogP contribution in [0, 0.1) is 0 Å². The quantitative estimate of drug-likeness (QED) is 0.166. The van der Waals surface area contributed by atoms with E-state index in [9.17, 15) is 0 Å². The number of hydrogen-bond donors (Lipinski definition) is 0. The van der Waals surface area contributed by atoms with Gasteiger partial charge in [-0.05, 0) is 152 Å². The van der Waals surface area contributed by atoms with Crippen LogP contribution in [0.15, 0.2) is 223 Å². The van der Waals surface area contributed by atoms with Crippen LogP contribution in [0.1, 0.15) is 49.9 Å². The molecule has 69 heavy (non-hydrogen) atoms. The number of anilines is 3. The van der Waals surface area contributed by atoms with Crippen LogP contribution in [-0.2, 0) is 10.8 Å². The normalized spacial score (nSPS) is 14.0. The van der Waals surface area contributed by atoms with Crippen molar-refractivity contribution in [1.82, 2.24) is 4.57 Å². The van der Waals surface area contributed by atoms with Gasteiger partial charge >= 0.3 is 0 Å². The molecule has 0 bridgehead atoms. The van der Waals surface area contributed by atoms with Crippen LogP contribution in [0.25, 0.3) is 93.9 Å². The van der Waals surface area contributed by atoms with Crippen molar-refractivity contribution in [3.8, 4) is 50.2 Å². The lowest BCUT2D eigenvalue weighted by atomic mass is 9.81. The number of benzene rings is 10. The van der Waals surface area contributed by atoms with E-state index in [4.69, 9.17) is 4.42 Å². The van der Waals surface area contributed by atoms with Crippen LogP contribution in [-0.4, -0.2) is 4.57 Å². The summed E-state index contributed by atoms with van der Waals surface area (Å²) in [5.74, 6) is 0. The summed E-state index contributed by atoms with van der Waals surface area (Å²) in [7, 11) is 0. The maximum absolute atomic E-state index is 6.85. The van der Waals surface area contributed by atoms with E-state index in [0.29, 0.717) is 0 Å². The van der Waals surface area contributed by atoms with Crippen molar-refractivity contribution in [2.24, 2.45) is 0 Å². The molecular weight excluding hydrogens is 837 g/mol. The van der Waals surface area contributed by atoms with Crippen molar-refractivity contribution >= 4 is 60.8 Å². The van der Waals surface area contributed by atoms with Gasteiger partial charge in [-0.15, -0.1) is 0 Å². The first-order chi connectivity index (χ1) is 33.7. The Hall–Kier alpha value is -8.40. The lowest BCUT2D eigenvalue weighted by molar-refractivity contribution is 0.660. The van der Waals surface area contributed by atoms with Crippen molar-refractivity contribution in [3.63, 3.8) is 0 Å². The molecule has 0 fully saturated rings. The van der Waals surface area contributed by atoms with Gasteiger partial charge in [-0.2, -0.15) is 0 Å².